The fraction of sp³-hybridized carbons (Fsp3) is 0.818. The summed E-state index contributed by atoms with van der Waals surface area (Å²) in [4.78, 5) is 11.2. The number of nitriles is 1. The van der Waals surface area contributed by atoms with Crippen LogP contribution in [-0.4, -0.2) is 12.6 Å². The summed E-state index contributed by atoms with van der Waals surface area (Å²) in [5.74, 6) is -0.00275. The predicted octanol–water partition coefficient (Wildman–Crippen LogP) is 2.52. The van der Waals surface area contributed by atoms with Gasteiger partial charge < -0.3 is 4.74 Å². The van der Waals surface area contributed by atoms with Gasteiger partial charge in [0.05, 0.1) is 25.0 Å². The molecular weight excluding hydrogens is 178 g/mol. The predicted molar refractivity (Wildman–Crippen MR) is 54.4 cm³/mol. The van der Waals surface area contributed by atoms with Crippen LogP contribution in [0.2, 0.25) is 0 Å². The largest absolute Gasteiger partial charge is 0.466 e. The molecule has 0 heterocycles. The Morgan fingerprint density at radius 2 is 2.14 bits per heavy atom. The Hall–Kier alpha value is -1.04. The van der Waals surface area contributed by atoms with Crippen molar-refractivity contribution in [2.24, 2.45) is 11.8 Å². The maximum absolute atomic E-state index is 11.2. The van der Waals surface area contributed by atoms with E-state index < -0.39 is 0 Å². The second-order valence-electron chi connectivity index (χ2n) is 3.88. The Kier molecular flexibility index (Phi) is 6.82. The van der Waals surface area contributed by atoms with Crippen molar-refractivity contribution >= 4 is 5.97 Å². The molecule has 0 N–H and O–H groups in total. The second-order valence-corrected chi connectivity index (χ2v) is 3.88. The molecule has 0 unspecified atom stereocenters. The maximum Gasteiger partial charge on any atom is 0.307 e. The van der Waals surface area contributed by atoms with E-state index in [9.17, 15) is 4.79 Å². The van der Waals surface area contributed by atoms with Crippen molar-refractivity contribution in [2.45, 2.75) is 40.0 Å². The van der Waals surface area contributed by atoms with Gasteiger partial charge >= 0.3 is 5.97 Å². The molecule has 0 saturated carbocycles. The summed E-state index contributed by atoms with van der Waals surface area (Å²) < 4.78 is 4.92. The molecule has 0 aromatic rings. The highest BCUT2D eigenvalue weighted by atomic mass is 16.5. The Morgan fingerprint density at radius 1 is 1.50 bits per heavy atom. The van der Waals surface area contributed by atoms with Crippen LogP contribution >= 0.6 is 0 Å². The lowest BCUT2D eigenvalue weighted by molar-refractivity contribution is -0.144. The van der Waals surface area contributed by atoms with E-state index in [4.69, 9.17) is 10.00 Å². The molecule has 0 saturated heterocycles. The fourth-order valence-electron chi connectivity index (χ4n) is 1.23. The van der Waals surface area contributed by atoms with Gasteiger partial charge in [-0.3, -0.25) is 4.79 Å². The standard InChI is InChI=1S/C11H19NO2/c1-4-5-14-11(13)7-10(8-12)6-9(2)3/h9-10H,4-7H2,1-3H3/t10-/m1/s1. The molecule has 3 nitrogen and oxygen atoms in total. The van der Waals surface area contributed by atoms with Crippen LogP contribution in [0.5, 0.6) is 0 Å². The minimum Gasteiger partial charge on any atom is -0.466 e. The van der Waals surface area contributed by atoms with Crippen LogP contribution in [0, 0.1) is 23.2 Å². The van der Waals surface area contributed by atoms with E-state index in [2.05, 4.69) is 6.07 Å². The molecule has 3 heteroatoms. The Labute approximate surface area is 86.1 Å². The van der Waals surface area contributed by atoms with Crippen molar-refractivity contribution in [3.63, 3.8) is 0 Å². The van der Waals surface area contributed by atoms with Gasteiger partial charge in [-0.25, -0.2) is 0 Å². The molecule has 0 amide bonds. The summed E-state index contributed by atoms with van der Waals surface area (Å²) in [5.41, 5.74) is 0. The summed E-state index contributed by atoms with van der Waals surface area (Å²) in [5, 5.41) is 8.79. The highest BCUT2D eigenvalue weighted by Crippen LogP contribution is 2.14. The number of rotatable bonds is 6. The first-order valence-electron chi connectivity index (χ1n) is 5.15. The number of ether oxygens (including phenoxy) is 1. The van der Waals surface area contributed by atoms with Crippen molar-refractivity contribution in [1.82, 2.24) is 0 Å². The van der Waals surface area contributed by atoms with Crippen LogP contribution in [0.25, 0.3) is 0 Å². The zero-order valence-corrected chi connectivity index (χ0v) is 9.25. The Balaban J connectivity index is 3.82. The molecule has 0 radical (unpaired) electrons. The van der Waals surface area contributed by atoms with Crippen LogP contribution in [0.15, 0.2) is 0 Å². The van der Waals surface area contributed by atoms with Crippen LogP contribution in [0.1, 0.15) is 40.0 Å². The molecule has 80 valence electrons. The molecule has 0 aliphatic heterocycles. The highest BCUT2D eigenvalue weighted by molar-refractivity contribution is 5.70. The number of hydrogen-bond donors (Lipinski definition) is 0. The number of nitrogens with zero attached hydrogens (tertiary/aromatic N) is 1. The van der Waals surface area contributed by atoms with Gasteiger partial charge in [-0.15, -0.1) is 0 Å². The lowest BCUT2D eigenvalue weighted by atomic mass is 9.96. The molecule has 1 atom stereocenters. The molecular formula is C11H19NO2. The molecule has 14 heavy (non-hydrogen) atoms. The zero-order valence-electron chi connectivity index (χ0n) is 9.25. The van der Waals surface area contributed by atoms with Gasteiger partial charge in [-0.05, 0) is 18.8 Å². The molecule has 0 aliphatic carbocycles. The van der Waals surface area contributed by atoms with Crippen LogP contribution in [-0.2, 0) is 9.53 Å². The lowest BCUT2D eigenvalue weighted by Gasteiger charge is -2.10. The monoisotopic (exact) mass is 197 g/mol. The van der Waals surface area contributed by atoms with Crippen LogP contribution in [0.4, 0.5) is 0 Å². The fourth-order valence-corrected chi connectivity index (χ4v) is 1.23. The van der Waals surface area contributed by atoms with Crippen molar-refractivity contribution in [2.75, 3.05) is 6.61 Å². The smallest absolute Gasteiger partial charge is 0.307 e. The highest BCUT2D eigenvalue weighted by Gasteiger charge is 2.15. The number of carbonyl (C=O) groups is 1. The summed E-state index contributed by atoms with van der Waals surface area (Å²) in [6.45, 7) is 6.49. The average molecular weight is 197 g/mol. The molecule has 0 aromatic heterocycles. The third kappa shape index (κ3) is 6.47. The van der Waals surface area contributed by atoms with E-state index in [-0.39, 0.29) is 18.3 Å². The molecule has 0 rings (SSSR count). The molecule has 0 bridgehead atoms. The quantitative estimate of drug-likeness (QED) is 0.615. The number of esters is 1. The van der Waals surface area contributed by atoms with E-state index in [0.29, 0.717) is 12.5 Å². The Morgan fingerprint density at radius 3 is 2.57 bits per heavy atom. The van der Waals surface area contributed by atoms with Gasteiger partial charge in [0.2, 0.25) is 0 Å². The van der Waals surface area contributed by atoms with Gasteiger partial charge in [-0.2, -0.15) is 5.26 Å². The Bertz CT molecular complexity index is 206. The van der Waals surface area contributed by atoms with Crippen LogP contribution in [0.3, 0.4) is 0 Å². The van der Waals surface area contributed by atoms with Crippen molar-refractivity contribution < 1.29 is 9.53 Å². The second kappa shape index (κ2) is 7.37. The third-order valence-electron chi connectivity index (χ3n) is 1.82. The zero-order chi connectivity index (χ0) is 11.0. The van der Waals surface area contributed by atoms with Gasteiger partial charge in [0, 0.05) is 0 Å². The molecule has 0 fully saturated rings. The van der Waals surface area contributed by atoms with E-state index in [0.717, 1.165) is 12.8 Å². The maximum atomic E-state index is 11.2. The average Bonchev–Trinajstić information content (AvgIpc) is 2.12. The molecule has 0 aromatic carbocycles. The summed E-state index contributed by atoms with van der Waals surface area (Å²) in [6.07, 6.45) is 1.82. The van der Waals surface area contributed by atoms with E-state index in [1.165, 1.54) is 0 Å². The van der Waals surface area contributed by atoms with E-state index in [1.54, 1.807) is 0 Å². The first-order chi connectivity index (χ1) is 6.60. The van der Waals surface area contributed by atoms with E-state index in [1.807, 2.05) is 20.8 Å². The summed E-state index contributed by atoms with van der Waals surface area (Å²) >= 11 is 0. The minimum absolute atomic E-state index is 0.195. The van der Waals surface area contributed by atoms with Gasteiger partial charge in [0.1, 0.15) is 0 Å². The SMILES string of the molecule is CCCOC(=O)C[C@H](C#N)CC(C)C. The first-order valence-corrected chi connectivity index (χ1v) is 5.15. The number of hydrogen-bond acceptors (Lipinski definition) is 3. The molecule has 0 aliphatic rings. The topological polar surface area (TPSA) is 50.1 Å². The number of carbonyl (C=O) groups excluding carboxylic acids is 1. The van der Waals surface area contributed by atoms with Gasteiger partial charge in [-0.1, -0.05) is 20.8 Å². The van der Waals surface area contributed by atoms with E-state index >= 15 is 0 Å². The van der Waals surface area contributed by atoms with Crippen molar-refractivity contribution in [1.29, 1.82) is 5.26 Å². The van der Waals surface area contributed by atoms with Gasteiger partial charge in [0.15, 0.2) is 0 Å². The lowest BCUT2D eigenvalue weighted by Crippen LogP contribution is -2.12. The van der Waals surface area contributed by atoms with Crippen LogP contribution < -0.4 is 0 Å². The summed E-state index contributed by atoms with van der Waals surface area (Å²) in [6, 6.07) is 2.14. The first kappa shape index (κ1) is 13.0. The normalized spacial score (nSPS) is 12.2. The minimum atomic E-state index is -0.251. The molecule has 0 spiro atoms. The van der Waals surface area contributed by atoms with Gasteiger partial charge in [0.25, 0.3) is 0 Å². The third-order valence-corrected chi connectivity index (χ3v) is 1.82. The summed E-state index contributed by atoms with van der Waals surface area (Å²) in [7, 11) is 0. The van der Waals surface area contributed by atoms with Crippen molar-refractivity contribution in [3.8, 4) is 6.07 Å². The van der Waals surface area contributed by atoms with Crippen molar-refractivity contribution in [3.05, 3.63) is 0 Å².